The van der Waals surface area contributed by atoms with Gasteiger partial charge in [-0.2, -0.15) is 0 Å². The van der Waals surface area contributed by atoms with Crippen LogP contribution in [0.5, 0.6) is 0 Å². The minimum Gasteiger partial charge on any atom is -0.370 e. The minimum atomic E-state index is -0.311. The first-order chi connectivity index (χ1) is 9.47. The van der Waals surface area contributed by atoms with E-state index in [2.05, 4.69) is 5.32 Å². The molecule has 0 spiro atoms. The smallest absolute Gasteiger partial charge is 0.251 e. The topological polar surface area (TPSA) is 98.2 Å². The third kappa shape index (κ3) is 3.36. The van der Waals surface area contributed by atoms with E-state index < -0.39 is 0 Å². The van der Waals surface area contributed by atoms with E-state index in [9.17, 15) is 9.59 Å². The van der Waals surface area contributed by atoms with Gasteiger partial charge in [0.2, 0.25) is 5.91 Å². The van der Waals surface area contributed by atoms with Gasteiger partial charge in [-0.1, -0.05) is 19.1 Å². The SMILES string of the molecule is CC(CC(N)=O)CC(N)c1ccc2c(c1)C(=O)NCC2. The van der Waals surface area contributed by atoms with Crippen LogP contribution < -0.4 is 16.8 Å². The van der Waals surface area contributed by atoms with Crippen molar-refractivity contribution in [2.45, 2.75) is 32.2 Å². The maximum absolute atomic E-state index is 11.8. The largest absolute Gasteiger partial charge is 0.370 e. The van der Waals surface area contributed by atoms with Crippen LogP contribution in [0.25, 0.3) is 0 Å². The number of primary amides is 1. The Morgan fingerprint density at radius 3 is 2.90 bits per heavy atom. The first kappa shape index (κ1) is 14.5. The summed E-state index contributed by atoms with van der Waals surface area (Å²) in [6.07, 6.45) is 1.86. The monoisotopic (exact) mass is 275 g/mol. The molecule has 1 aliphatic rings. The third-order valence-corrected chi connectivity index (χ3v) is 3.69. The zero-order chi connectivity index (χ0) is 14.7. The lowest BCUT2D eigenvalue weighted by molar-refractivity contribution is -0.118. The number of nitrogens with one attached hydrogen (secondary N) is 1. The van der Waals surface area contributed by atoms with Crippen LogP contribution in [-0.4, -0.2) is 18.4 Å². The van der Waals surface area contributed by atoms with E-state index in [1.807, 2.05) is 25.1 Å². The van der Waals surface area contributed by atoms with Gasteiger partial charge in [0.1, 0.15) is 0 Å². The zero-order valence-corrected chi connectivity index (χ0v) is 11.7. The average molecular weight is 275 g/mol. The molecule has 5 nitrogen and oxygen atoms in total. The van der Waals surface area contributed by atoms with E-state index in [1.165, 1.54) is 0 Å². The number of carbonyl (C=O) groups is 2. The molecule has 5 N–H and O–H groups in total. The van der Waals surface area contributed by atoms with E-state index in [0.29, 0.717) is 24.9 Å². The lowest BCUT2D eigenvalue weighted by atomic mass is 9.90. The number of fused-ring (bicyclic) bond motifs is 1. The second kappa shape index (κ2) is 6.05. The normalized spacial score (nSPS) is 17.0. The van der Waals surface area contributed by atoms with E-state index in [0.717, 1.165) is 17.5 Å². The zero-order valence-electron chi connectivity index (χ0n) is 11.7. The average Bonchev–Trinajstić information content (AvgIpc) is 2.37. The van der Waals surface area contributed by atoms with Gasteiger partial charge in [-0.15, -0.1) is 0 Å². The number of carbonyl (C=O) groups excluding carboxylic acids is 2. The molecule has 0 bridgehead atoms. The van der Waals surface area contributed by atoms with Gasteiger partial charge in [-0.05, 0) is 36.0 Å². The van der Waals surface area contributed by atoms with Gasteiger partial charge >= 0.3 is 0 Å². The number of hydrogen-bond acceptors (Lipinski definition) is 3. The van der Waals surface area contributed by atoms with E-state index in [1.54, 1.807) is 0 Å². The molecular weight excluding hydrogens is 254 g/mol. The summed E-state index contributed by atoms with van der Waals surface area (Å²) in [7, 11) is 0. The lowest BCUT2D eigenvalue weighted by Gasteiger charge is -2.21. The fourth-order valence-electron chi connectivity index (χ4n) is 2.66. The second-order valence-electron chi connectivity index (χ2n) is 5.54. The van der Waals surface area contributed by atoms with Gasteiger partial charge in [-0.25, -0.2) is 0 Å². The molecule has 2 atom stereocenters. The van der Waals surface area contributed by atoms with Crippen LogP contribution in [-0.2, 0) is 11.2 Å². The quantitative estimate of drug-likeness (QED) is 0.743. The minimum absolute atomic E-state index is 0.0366. The van der Waals surface area contributed by atoms with E-state index >= 15 is 0 Å². The van der Waals surface area contributed by atoms with Gasteiger partial charge in [-0.3, -0.25) is 9.59 Å². The van der Waals surface area contributed by atoms with E-state index in [4.69, 9.17) is 11.5 Å². The summed E-state index contributed by atoms with van der Waals surface area (Å²) in [6, 6.07) is 5.62. The maximum Gasteiger partial charge on any atom is 0.251 e. The molecule has 20 heavy (non-hydrogen) atoms. The second-order valence-corrected chi connectivity index (χ2v) is 5.54. The molecule has 2 rings (SSSR count). The molecule has 0 aliphatic carbocycles. The number of hydrogen-bond donors (Lipinski definition) is 3. The van der Waals surface area contributed by atoms with Gasteiger partial charge in [0, 0.05) is 24.6 Å². The standard InChI is InChI=1S/C15H21N3O2/c1-9(7-14(17)19)6-13(16)11-3-2-10-4-5-18-15(20)12(10)8-11/h2-3,8-9,13H,4-7,16H2,1H3,(H2,17,19)(H,18,20). The Kier molecular flexibility index (Phi) is 4.39. The summed E-state index contributed by atoms with van der Waals surface area (Å²) >= 11 is 0. The van der Waals surface area contributed by atoms with Crippen molar-refractivity contribution >= 4 is 11.8 Å². The Labute approximate surface area is 118 Å². The van der Waals surface area contributed by atoms with Crippen LogP contribution in [0.3, 0.4) is 0 Å². The Bertz CT molecular complexity index is 528. The Hall–Kier alpha value is -1.88. The fraction of sp³-hybridized carbons (Fsp3) is 0.467. The van der Waals surface area contributed by atoms with Crippen LogP contribution in [0.2, 0.25) is 0 Å². The summed E-state index contributed by atoms with van der Waals surface area (Å²) < 4.78 is 0. The van der Waals surface area contributed by atoms with Crippen molar-refractivity contribution in [2.24, 2.45) is 17.4 Å². The number of amides is 2. The molecule has 1 aromatic carbocycles. The fourth-order valence-corrected chi connectivity index (χ4v) is 2.66. The van der Waals surface area contributed by atoms with Crippen molar-refractivity contribution in [3.63, 3.8) is 0 Å². The summed E-state index contributed by atoms with van der Waals surface area (Å²) in [5.41, 5.74) is 14.1. The number of nitrogens with two attached hydrogens (primary N) is 2. The number of benzene rings is 1. The molecule has 0 saturated carbocycles. The highest BCUT2D eigenvalue weighted by Gasteiger charge is 2.19. The first-order valence-corrected chi connectivity index (χ1v) is 6.92. The molecule has 1 aromatic rings. The molecule has 2 amide bonds. The molecule has 0 aromatic heterocycles. The van der Waals surface area contributed by atoms with Crippen LogP contribution in [0, 0.1) is 5.92 Å². The predicted octanol–water partition coefficient (Wildman–Crippen LogP) is 0.874. The summed E-state index contributed by atoms with van der Waals surface area (Å²) in [6.45, 7) is 2.64. The predicted molar refractivity (Wildman–Crippen MR) is 77.0 cm³/mol. The Balaban J connectivity index is 2.10. The molecule has 0 fully saturated rings. The molecule has 0 saturated heterocycles. The first-order valence-electron chi connectivity index (χ1n) is 6.92. The Morgan fingerprint density at radius 2 is 2.20 bits per heavy atom. The van der Waals surface area contributed by atoms with Crippen molar-refractivity contribution in [3.8, 4) is 0 Å². The highest BCUT2D eigenvalue weighted by Crippen LogP contribution is 2.24. The third-order valence-electron chi connectivity index (χ3n) is 3.69. The molecule has 108 valence electrons. The molecule has 5 heteroatoms. The Morgan fingerprint density at radius 1 is 1.45 bits per heavy atom. The molecule has 2 unspecified atom stereocenters. The molecular formula is C15H21N3O2. The van der Waals surface area contributed by atoms with Crippen LogP contribution in [0.4, 0.5) is 0 Å². The van der Waals surface area contributed by atoms with Crippen LogP contribution >= 0.6 is 0 Å². The van der Waals surface area contributed by atoms with Gasteiger partial charge in [0.25, 0.3) is 5.91 Å². The van der Waals surface area contributed by atoms with Crippen molar-refractivity contribution < 1.29 is 9.59 Å². The molecule has 1 heterocycles. The molecule has 0 radical (unpaired) electrons. The summed E-state index contributed by atoms with van der Waals surface area (Å²) in [5.74, 6) is -0.215. The highest BCUT2D eigenvalue weighted by atomic mass is 16.2. The van der Waals surface area contributed by atoms with Crippen LogP contribution in [0.1, 0.15) is 47.3 Å². The van der Waals surface area contributed by atoms with Gasteiger partial charge in [0.15, 0.2) is 0 Å². The van der Waals surface area contributed by atoms with Crippen molar-refractivity contribution in [1.29, 1.82) is 0 Å². The summed E-state index contributed by atoms with van der Waals surface area (Å²) in [5, 5.41) is 2.83. The highest BCUT2D eigenvalue weighted by molar-refractivity contribution is 5.96. The number of rotatable bonds is 5. The van der Waals surface area contributed by atoms with Gasteiger partial charge < -0.3 is 16.8 Å². The van der Waals surface area contributed by atoms with Crippen molar-refractivity contribution in [2.75, 3.05) is 6.54 Å². The van der Waals surface area contributed by atoms with E-state index in [-0.39, 0.29) is 23.8 Å². The summed E-state index contributed by atoms with van der Waals surface area (Å²) in [4.78, 5) is 22.7. The lowest BCUT2D eigenvalue weighted by Crippen LogP contribution is -2.32. The van der Waals surface area contributed by atoms with Crippen LogP contribution in [0.15, 0.2) is 18.2 Å². The van der Waals surface area contributed by atoms with Crippen molar-refractivity contribution in [1.82, 2.24) is 5.32 Å². The molecule has 1 aliphatic heterocycles. The maximum atomic E-state index is 11.8. The van der Waals surface area contributed by atoms with Crippen molar-refractivity contribution in [3.05, 3.63) is 34.9 Å². The van der Waals surface area contributed by atoms with Gasteiger partial charge in [0.05, 0.1) is 0 Å².